The van der Waals surface area contributed by atoms with E-state index in [0.717, 1.165) is 50.6 Å². The standard InChI is InChI=1S/C19H25N3OS/c20-9-15-11-22(13-17(15)14-5-2-1-3-6-14)12-16-10-21-19(24-16)18-7-4-8-23-18/h1-3,5-6,10,15,17-18H,4,7-9,11-13,20H2/t15-,17+,18?/m1/s1. The van der Waals surface area contributed by atoms with Crippen LogP contribution in [-0.2, 0) is 11.3 Å². The molecule has 128 valence electrons. The Balaban J connectivity index is 1.42. The van der Waals surface area contributed by atoms with Crippen LogP contribution in [0.4, 0.5) is 0 Å². The van der Waals surface area contributed by atoms with Crippen LogP contribution in [0.25, 0.3) is 0 Å². The van der Waals surface area contributed by atoms with Crippen molar-refractivity contribution in [2.75, 3.05) is 26.2 Å². The van der Waals surface area contributed by atoms with Crippen LogP contribution in [0.15, 0.2) is 36.5 Å². The van der Waals surface area contributed by atoms with Gasteiger partial charge in [0.1, 0.15) is 11.1 Å². The molecule has 2 fully saturated rings. The molecule has 4 rings (SSSR count). The summed E-state index contributed by atoms with van der Waals surface area (Å²) >= 11 is 1.81. The summed E-state index contributed by atoms with van der Waals surface area (Å²) in [5.74, 6) is 1.08. The van der Waals surface area contributed by atoms with Gasteiger partial charge >= 0.3 is 0 Å². The minimum absolute atomic E-state index is 0.233. The molecule has 1 unspecified atom stereocenters. The highest BCUT2D eigenvalue weighted by molar-refractivity contribution is 7.11. The molecule has 2 aliphatic rings. The van der Waals surface area contributed by atoms with Gasteiger partial charge in [0, 0.05) is 43.2 Å². The first kappa shape index (κ1) is 16.2. The van der Waals surface area contributed by atoms with Gasteiger partial charge in [0.05, 0.1) is 0 Å². The van der Waals surface area contributed by atoms with E-state index < -0.39 is 0 Å². The maximum atomic E-state index is 6.05. The summed E-state index contributed by atoms with van der Waals surface area (Å²) in [6, 6.07) is 10.8. The second kappa shape index (κ2) is 7.31. The van der Waals surface area contributed by atoms with Gasteiger partial charge in [-0.2, -0.15) is 0 Å². The van der Waals surface area contributed by atoms with E-state index in [1.165, 1.54) is 10.4 Å². The fourth-order valence-corrected chi connectivity index (χ4v) is 4.99. The van der Waals surface area contributed by atoms with Crippen LogP contribution >= 0.6 is 11.3 Å². The number of nitrogens with zero attached hydrogens (tertiary/aromatic N) is 2. The Kier molecular flexibility index (Phi) is 4.94. The van der Waals surface area contributed by atoms with E-state index in [2.05, 4.69) is 40.2 Å². The van der Waals surface area contributed by atoms with Crippen LogP contribution in [0.1, 0.15) is 40.3 Å². The molecule has 1 aromatic heterocycles. The monoisotopic (exact) mass is 343 g/mol. The Labute approximate surface area is 147 Å². The zero-order valence-electron chi connectivity index (χ0n) is 13.9. The number of nitrogens with two attached hydrogens (primary N) is 1. The number of aromatic nitrogens is 1. The summed E-state index contributed by atoms with van der Waals surface area (Å²) in [5.41, 5.74) is 7.47. The van der Waals surface area contributed by atoms with Crippen molar-refractivity contribution in [1.82, 2.24) is 9.88 Å². The zero-order valence-corrected chi connectivity index (χ0v) is 14.8. The second-order valence-electron chi connectivity index (χ2n) is 6.87. The number of hydrogen-bond donors (Lipinski definition) is 1. The highest BCUT2D eigenvalue weighted by atomic mass is 32.1. The quantitative estimate of drug-likeness (QED) is 0.906. The molecule has 0 spiro atoms. The molecule has 2 N–H and O–H groups in total. The topological polar surface area (TPSA) is 51.4 Å². The van der Waals surface area contributed by atoms with Crippen molar-refractivity contribution in [2.45, 2.75) is 31.4 Å². The molecule has 0 aliphatic carbocycles. The van der Waals surface area contributed by atoms with E-state index in [1.54, 1.807) is 0 Å². The van der Waals surface area contributed by atoms with Gasteiger partial charge in [-0.1, -0.05) is 30.3 Å². The predicted molar refractivity (Wildman–Crippen MR) is 97.0 cm³/mol. The lowest BCUT2D eigenvalue weighted by Crippen LogP contribution is -2.22. The Morgan fingerprint density at radius 3 is 2.88 bits per heavy atom. The molecule has 1 aromatic carbocycles. The van der Waals surface area contributed by atoms with Crippen molar-refractivity contribution >= 4 is 11.3 Å². The molecule has 2 aromatic rings. The number of thiazole rings is 1. The minimum Gasteiger partial charge on any atom is -0.371 e. The Morgan fingerprint density at radius 1 is 1.25 bits per heavy atom. The van der Waals surface area contributed by atoms with Gasteiger partial charge in [-0.15, -0.1) is 11.3 Å². The van der Waals surface area contributed by atoms with E-state index >= 15 is 0 Å². The molecule has 24 heavy (non-hydrogen) atoms. The first-order valence-corrected chi connectivity index (χ1v) is 9.68. The van der Waals surface area contributed by atoms with Crippen LogP contribution in [-0.4, -0.2) is 36.1 Å². The average molecular weight is 343 g/mol. The molecule has 0 saturated carbocycles. The van der Waals surface area contributed by atoms with Gasteiger partial charge in [0.25, 0.3) is 0 Å². The normalized spacial score (nSPS) is 27.8. The molecule has 3 atom stereocenters. The van der Waals surface area contributed by atoms with Gasteiger partial charge in [-0.25, -0.2) is 4.98 Å². The van der Waals surface area contributed by atoms with Gasteiger partial charge in [0.15, 0.2) is 0 Å². The van der Waals surface area contributed by atoms with Gasteiger partial charge < -0.3 is 10.5 Å². The van der Waals surface area contributed by atoms with Gasteiger partial charge in [-0.05, 0) is 30.9 Å². The number of ether oxygens (including phenoxy) is 1. The Hall–Kier alpha value is -1.27. The van der Waals surface area contributed by atoms with Crippen molar-refractivity contribution in [1.29, 1.82) is 0 Å². The van der Waals surface area contributed by atoms with Crippen LogP contribution in [0, 0.1) is 5.92 Å². The lowest BCUT2D eigenvalue weighted by atomic mass is 9.89. The van der Waals surface area contributed by atoms with E-state index in [1.807, 2.05) is 17.5 Å². The maximum Gasteiger partial charge on any atom is 0.122 e. The van der Waals surface area contributed by atoms with Crippen LogP contribution < -0.4 is 5.73 Å². The van der Waals surface area contributed by atoms with Gasteiger partial charge in [0.2, 0.25) is 0 Å². The third-order valence-corrected chi connectivity index (χ3v) is 6.28. The highest BCUT2D eigenvalue weighted by Gasteiger charge is 2.33. The highest BCUT2D eigenvalue weighted by Crippen LogP contribution is 2.35. The molecule has 5 heteroatoms. The number of rotatable bonds is 5. The fourth-order valence-electron chi connectivity index (χ4n) is 3.94. The van der Waals surface area contributed by atoms with Crippen molar-refractivity contribution in [2.24, 2.45) is 11.7 Å². The van der Waals surface area contributed by atoms with Crippen molar-refractivity contribution < 1.29 is 4.74 Å². The van der Waals surface area contributed by atoms with Crippen molar-refractivity contribution in [3.8, 4) is 0 Å². The summed E-state index contributed by atoms with van der Waals surface area (Å²) in [5, 5.41) is 1.15. The Morgan fingerprint density at radius 2 is 2.12 bits per heavy atom. The average Bonchev–Trinajstić information content (AvgIpc) is 3.36. The SMILES string of the molecule is NC[C@@H]1CN(Cc2cnc(C3CCCO3)s2)C[C@H]1c1ccccc1. The third-order valence-electron chi connectivity index (χ3n) is 5.20. The van der Waals surface area contributed by atoms with E-state index in [0.29, 0.717) is 11.8 Å². The van der Waals surface area contributed by atoms with Crippen LogP contribution in [0.2, 0.25) is 0 Å². The number of hydrogen-bond acceptors (Lipinski definition) is 5. The molecule has 0 radical (unpaired) electrons. The summed E-state index contributed by atoms with van der Waals surface area (Å²) in [6.07, 6.45) is 4.54. The number of likely N-dealkylation sites (tertiary alicyclic amines) is 1. The van der Waals surface area contributed by atoms with Gasteiger partial charge in [-0.3, -0.25) is 4.90 Å². The predicted octanol–water partition coefficient (Wildman–Crippen LogP) is 3.17. The second-order valence-corrected chi connectivity index (χ2v) is 8.02. The Bertz CT molecular complexity index is 654. The fraction of sp³-hybridized carbons (Fsp3) is 0.526. The molecule has 4 nitrogen and oxygen atoms in total. The molecule has 2 saturated heterocycles. The van der Waals surface area contributed by atoms with E-state index in [-0.39, 0.29) is 6.10 Å². The lowest BCUT2D eigenvalue weighted by molar-refractivity contribution is 0.111. The third kappa shape index (κ3) is 3.40. The molecular formula is C19H25N3OS. The van der Waals surface area contributed by atoms with Crippen LogP contribution in [0.5, 0.6) is 0 Å². The summed E-state index contributed by atoms with van der Waals surface area (Å²) in [7, 11) is 0. The smallest absolute Gasteiger partial charge is 0.122 e. The number of benzene rings is 1. The minimum atomic E-state index is 0.233. The van der Waals surface area contributed by atoms with Crippen molar-refractivity contribution in [3.63, 3.8) is 0 Å². The molecule has 3 heterocycles. The molecule has 0 bridgehead atoms. The molecule has 2 aliphatic heterocycles. The maximum absolute atomic E-state index is 6.05. The van der Waals surface area contributed by atoms with E-state index in [9.17, 15) is 0 Å². The van der Waals surface area contributed by atoms with Crippen molar-refractivity contribution in [3.05, 3.63) is 52.0 Å². The summed E-state index contributed by atoms with van der Waals surface area (Å²) in [4.78, 5) is 8.47. The molecule has 0 amide bonds. The zero-order chi connectivity index (χ0) is 16.4. The first-order valence-electron chi connectivity index (χ1n) is 8.87. The summed E-state index contributed by atoms with van der Waals surface area (Å²) < 4.78 is 5.75. The summed E-state index contributed by atoms with van der Waals surface area (Å²) in [6.45, 7) is 4.76. The van der Waals surface area contributed by atoms with Crippen LogP contribution in [0.3, 0.4) is 0 Å². The van der Waals surface area contributed by atoms with E-state index in [4.69, 9.17) is 10.5 Å². The molecular weight excluding hydrogens is 318 g/mol. The lowest BCUT2D eigenvalue weighted by Gasteiger charge is -2.16. The first-order chi connectivity index (χ1) is 11.8. The largest absolute Gasteiger partial charge is 0.371 e.